The fraction of sp³-hybridized carbons (Fsp3) is 0.438. The molecule has 0 spiro atoms. The molecule has 0 amide bonds. The van der Waals surface area contributed by atoms with Crippen molar-refractivity contribution < 1.29 is 9.63 Å². The third kappa shape index (κ3) is 3.36. The zero-order chi connectivity index (χ0) is 15.5. The maximum Gasteiger partial charge on any atom is 0.169 e. The first-order valence-electron chi connectivity index (χ1n) is 7.53. The Hall–Kier alpha value is -1.72. The SMILES string of the molecule is Cc1cc(NCCN2CCCC(O)c3cc(Cl)ccc32)no1. The molecule has 0 saturated heterocycles. The summed E-state index contributed by atoms with van der Waals surface area (Å²) in [5, 5.41) is 18.1. The molecule has 1 aromatic carbocycles. The number of aromatic nitrogens is 1. The normalized spacial score (nSPS) is 18.0. The van der Waals surface area contributed by atoms with Crippen LogP contribution in [0, 0.1) is 6.92 Å². The van der Waals surface area contributed by atoms with E-state index in [9.17, 15) is 5.11 Å². The highest BCUT2D eigenvalue weighted by atomic mass is 35.5. The number of rotatable bonds is 4. The van der Waals surface area contributed by atoms with E-state index in [1.165, 1.54) is 0 Å². The number of aliphatic hydroxyl groups excluding tert-OH is 1. The minimum atomic E-state index is -0.440. The zero-order valence-electron chi connectivity index (χ0n) is 12.6. The largest absolute Gasteiger partial charge is 0.388 e. The van der Waals surface area contributed by atoms with Gasteiger partial charge >= 0.3 is 0 Å². The van der Waals surface area contributed by atoms with E-state index in [2.05, 4.69) is 15.4 Å². The van der Waals surface area contributed by atoms with Crippen molar-refractivity contribution in [3.63, 3.8) is 0 Å². The maximum absolute atomic E-state index is 10.3. The molecule has 2 aromatic rings. The molecule has 6 heteroatoms. The fourth-order valence-electron chi connectivity index (χ4n) is 2.83. The highest BCUT2D eigenvalue weighted by molar-refractivity contribution is 6.30. The standard InChI is InChI=1S/C16H20ClN3O2/c1-11-9-16(19-22-11)18-6-8-20-7-2-3-15(21)13-10-12(17)4-5-14(13)20/h4-5,9-10,15,21H,2-3,6-8H2,1H3,(H,18,19). The Morgan fingerprint density at radius 2 is 2.32 bits per heavy atom. The molecule has 118 valence electrons. The van der Waals surface area contributed by atoms with Crippen LogP contribution in [0.5, 0.6) is 0 Å². The number of aliphatic hydroxyl groups is 1. The first-order chi connectivity index (χ1) is 10.6. The lowest BCUT2D eigenvalue weighted by molar-refractivity contribution is 0.168. The second-order valence-corrected chi connectivity index (χ2v) is 6.03. The predicted molar refractivity (Wildman–Crippen MR) is 87.6 cm³/mol. The second-order valence-electron chi connectivity index (χ2n) is 5.60. The van der Waals surface area contributed by atoms with Gasteiger partial charge < -0.3 is 19.8 Å². The molecule has 0 fully saturated rings. The fourth-order valence-corrected chi connectivity index (χ4v) is 3.01. The van der Waals surface area contributed by atoms with Gasteiger partial charge in [0.05, 0.1) is 6.10 Å². The summed E-state index contributed by atoms with van der Waals surface area (Å²) in [5.41, 5.74) is 1.98. The number of nitrogens with zero attached hydrogens (tertiary/aromatic N) is 2. The number of hydrogen-bond acceptors (Lipinski definition) is 5. The molecular weight excluding hydrogens is 302 g/mol. The van der Waals surface area contributed by atoms with Gasteiger partial charge in [-0.25, -0.2) is 0 Å². The van der Waals surface area contributed by atoms with Crippen molar-refractivity contribution in [3.05, 3.63) is 40.6 Å². The van der Waals surface area contributed by atoms with Crippen molar-refractivity contribution in [2.24, 2.45) is 0 Å². The summed E-state index contributed by atoms with van der Waals surface area (Å²) in [6, 6.07) is 7.61. The summed E-state index contributed by atoms with van der Waals surface area (Å²) in [6.45, 7) is 4.37. The summed E-state index contributed by atoms with van der Waals surface area (Å²) >= 11 is 6.07. The topological polar surface area (TPSA) is 61.5 Å². The van der Waals surface area contributed by atoms with Crippen molar-refractivity contribution in [1.82, 2.24) is 5.16 Å². The summed E-state index contributed by atoms with van der Waals surface area (Å²) < 4.78 is 5.04. The number of aryl methyl sites for hydroxylation is 1. The number of anilines is 2. The molecule has 5 nitrogen and oxygen atoms in total. The molecule has 0 aliphatic carbocycles. The van der Waals surface area contributed by atoms with Crippen molar-refractivity contribution in [3.8, 4) is 0 Å². The smallest absolute Gasteiger partial charge is 0.169 e. The van der Waals surface area contributed by atoms with Gasteiger partial charge in [0.25, 0.3) is 0 Å². The van der Waals surface area contributed by atoms with E-state index in [0.29, 0.717) is 5.02 Å². The van der Waals surface area contributed by atoms with Gasteiger partial charge in [0.2, 0.25) is 0 Å². The highest BCUT2D eigenvalue weighted by Gasteiger charge is 2.21. The van der Waals surface area contributed by atoms with Gasteiger partial charge in [0, 0.05) is 42.0 Å². The van der Waals surface area contributed by atoms with Gasteiger partial charge in [-0.2, -0.15) is 0 Å². The molecule has 1 unspecified atom stereocenters. The molecule has 2 N–H and O–H groups in total. The van der Waals surface area contributed by atoms with Crippen LogP contribution in [-0.4, -0.2) is 29.9 Å². The molecular formula is C16H20ClN3O2. The lowest BCUT2D eigenvalue weighted by Crippen LogP contribution is -2.29. The number of fused-ring (bicyclic) bond motifs is 1. The van der Waals surface area contributed by atoms with Crippen LogP contribution in [0.25, 0.3) is 0 Å². The summed E-state index contributed by atoms with van der Waals surface area (Å²) in [4.78, 5) is 2.28. The maximum atomic E-state index is 10.3. The van der Waals surface area contributed by atoms with Crippen molar-refractivity contribution in [1.29, 1.82) is 0 Å². The minimum Gasteiger partial charge on any atom is -0.388 e. The Labute approximate surface area is 134 Å². The second kappa shape index (κ2) is 6.58. The van der Waals surface area contributed by atoms with Gasteiger partial charge in [0.15, 0.2) is 5.82 Å². The van der Waals surface area contributed by atoms with Crippen LogP contribution in [-0.2, 0) is 0 Å². The monoisotopic (exact) mass is 321 g/mol. The first-order valence-corrected chi connectivity index (χ1v) is 7.91. The van der Waals surface area contributed by atoms with E-state index >= 15 is 0 Å². The van der Waals surface area contributed by atoms with Crippen LogP contribution >= 0.6 is 11.6 Å². The van der Waals surface area contributed by atoms with E-state index in [0.717, 1.165) is 55.3 Å². The number of nitrogens with one attached hydrogen (secondary N) is 1. The third-order valence-electron chi connectivity index (χ3n) is 3.91. The van der Waals surface area contributed by atoms with E-state index < -0.39 is 6.10 Å². The molecule has 0 radical (unpaired) electrons. The number of hydrogen-bond donors (Lipinski definition) is 2. The Morgan fingerprint density at radius 3 is 3.09 bits per heavy atom. The molecule has 0 saturated carbocycles. The van der Waals surface area contributed by atoms with Crippen LogP contribution in [0.3, 0.4) is 0 Å². The van der Waals surface area contributed by atoms with Crippen LogP contribution in [0.4, 0.5) is 11.5 Å². The van der Waals surface area contributed by atoms with Gasteiger partial charge in [0.1, 0.15) is 5.76 Å². The zero-order valence-corrected chi connectivity index (χ0v) is 13.3. The summed E-state index contributed by atoms with van der Waals surface area (Å²) in [5.74, 6) is 1.55. The van der Waals surface area contributed by atoms with Crippen molar-refractivity contribution in [2.75, 3.05) is 29.9 Å². The Morgan fingerprint density at radius 1 is 1.45 bits per heavy atom. The van der Waals surface area contributed by atoms with Gasteiger partial charge in [-0.05, 0) is 38.0 Å². The van der Waals surface area contributed by atoms with E-state index in [4.69, 9.17) is 16.1 Å². The first kappa shape index (κ1) is 15.2. The summed E-state index contributed by atoms with van der Waals surface area (Å²) in [6.07, 6.45) is 1.28. The van der Waals surface area contributed by atoms with Crippen LogP contribution in [0.2, 0.25) is 5.02 Å². The molecule has 3 rings (SSSR count). The van der Waals surface area contributed by atoms with E-state index in [1.807, 2.05) is 31.2 Å². The molecule has 1 aromatic heterocycles. The Balaban J connectivity index is 1.69. The third-order valence-corrected chi connectivity index (χ3v) is 4.15. The molecule has 0 bridgehead atoms. The average molecular weight is 322 g/mol. The molecule has 22 heavy (non-hydrogen) atoms. The average Bonchev–Trinajstić information content (AvgIpc) is 2.84. The van der Waals surface area contributed by atoms with Gasteiger partial charge in [-0.3, -0.25) is 0 Å². The van der Waals surface area contributed by atoms with Crippen molar-refractivity contribution >= 4 is 23.1 Å². The molecule has 1 aliphatic rings. The van der Waals surface area contributed by atoms with Crippen LogP contribution < -0.4 is 10.2 Å². The van der Waals surface area contributed by atoms with E-state index in [1.54, 1.807) is 0 Å². The summed E-state index contributed by atoms with van der Waals surface area (Å²) in [7, 11) is 0. The number of benzene rings is 1. The van der Waals surface area contributed by atoms with Crippen LogP contribution in [0.15, 0.2) is 28.8 Å². The lowest BCUT2D eigenvalue weighted by Gasteiger charge is -2.25. The molecule has 1 atom stereocenters. The quantitative estimate of drug-likeness (QED) is 0.904. The minimum absolute atomic E-state index is 0.440. The van der Waals surface area contributed by atoms with Crippen LogP contribution in [0.1, 0.15) is 30.3 Å². The van der Waals surface area contributed by atoms with Crippen molar-refractivity contribution in [2.45, 2.75) is 25.9 Å². The van der Waals surface area contributed by atoms with Gasteiger partial charge in [-0.15, -0.1) is 0 Å². The number of halogens is 1. The highest BCUT2D eigenvalue weighted by Crippen LogP contribution is 2.34. The lowest BCUT2D eigenvalue weighted by atomic mass is 10.0. The molecule has 1 aliphatic heterocycles. The Kier molecular flexibility index (Phi) is 4.55. The predicted octanol–water partition coefficient (Wildman–Crippen LogP) is 3.38. The Bertz CT molecular complexity index is 644. The van der Waals surface area contributed by atoms with E-state index in [-0.39, 0.29) is 0 Å². The molecule has 2 heterocycles. The van der Waals surface area contributed by atoms with Gasteiger partial charge in [-0.1, -0.05) is 16.8 Å².